The molecule has 0 unspecified atom stereocenters. The van der Waals surface area contributed by atoms with Crippen LogP contribution in [0.25, 0.3) is 0 Å². The molecular weight excluding hydrogens is 1410 g/mol. The van der Waals surface area contributed by atoms with Gasteiger partial charge in [-0.05, 0) is 49.3 Å². The van der Waals surface area contributed by atoms with Crippen LogP contribution in [0.4, 0.5) is 0 Å². The van der Waals surface area contributed by atoms with Crippen molar-refractivity contribution in [1.82, 2.24) is 34.3 Å². The highest BCUT2D eigenvalue weighted by molar-refractivity contribution is 5.04. The number of aliphatic hydroxyl groups excluding tert-OH is 21. The Morgan fingerprint density at radius 3 is 0.371 bits per heavy atom. The standard InChI is InChI=1S/C63H119N7O35/c1-64(8-15-71)22-29-50-36(78)43(85)57(92-29)100-51-30(23-65(2)9-16-72)94-59(45(87)38(51)80)102-53-32(25-67(4)11-18-74)96-61(47(89)40(53)82)104-55-34(27-69(6)13-20-76)98-63(49(91)42(55)84)105-56-35(28-70(7)14-21-77)97-62(48(90)41(56)83)103-54-33(26-68(5)12-19-75)95-60(46(88)39(54)81)101-52-31(24-66(3)10-17-73)93-58(99-50)44(86)37(52)79/h29-63,71-91H,8-28H2,1-7H3/t29-,30-,31-,32-,33+,34+,35+,36-,37-,38+,39-,40-,41-,42-,43+,44+,45+,46-,47-,48-,49-,50-,51-,52-,53-,54-,55-,56-,57-,58-,59-,60-,61-,62-,63-/m1/s1. The maximum absolute atomic E-state index is 12.3. The predicted molar refractivity (Wildman–Crippen MR) is 351 cm³/mol. The summed E-state index contributed by atoms with van der Waals surface area (Å²) in [6.45, 7) is -4.54. The molecular formula is C63H119N7O35. The third-order valence-electron chi connectivity index (χ3n) is 20.3. The molecule has 105 heavy (non-hydrogen) atoms. The average molecular weight is 1530 g/mol. The number of aliphatic hydroxyl groups is 21. The highest BCUT2D eigenvalue weighted by Crippen LogP contribution is 2.40. The SMILES string of the molecule is CN(CCO)C[C@@H]1O[C@@H]2O[C@H]3[C@H](O)[C@@H](O)[C@@H](O[C@H]4[C@H](O)[C@H](O)[C@@H](O[C@H]5[C@H](O)[C@H](O)[C@@H](O[C@H]6[C@@H](O)[C@H](O)[C@@H](O[C@H]7[C@H](O)[C@@H](O)[C@@H](O[C@H]8[C@H](O)[C@@H](O)[C@@H](O[C@H]1[C@H](O)[C@H]2O)O[C@H]8CN(C)CCO)O[C@@H]7CN(C)CCO)O[C@@H]6CN(C)CCO)O[C@@H]5CN(C)CCO)O[C@@H]4CN(C)CCO)O[C@H]3CN(C)CCO. The first-order valence-corrected chi connectivity index (χ1v) is 35.7. The van der Waals surface area contributed by atoms with Crippen molar-refractivity contribution in [3.05, 3.63) is 0 Å². The molecule has 21 heterocycles. The minimum atomic E-state index is -2.15. The predicted octanol–water partition coefficient (Wildman–Crippen LogP) is -15.7. The van der Waals surface area contributed by atoms with Gasteiger partial charge in [-0.1, -0.05) is 0 Å². The van der Waals surface area contributed by atoms with Crippen LogP contribution in [0.1, 0.15) is 0 Å². The van der Waals surface area contributed by atoms with Gasteiger partial charge in [-0.25, -0.2) is 0 Å². The zero-order chi connectivity index (χ0) is 77.0. The molecule has 42 nitrogen and oxygen atoms in total. The molecule has 0 radical (unpaired) electrons. The molecule has 14 bridgehead atoms. The summed E-state index contributed by atoms with van der Waals surface area (Å²) in [7, 11) is 10.9. The molecule has 21 rings (SSSR count). The molecule has 35 atom stereocenters. The summed E-state index contributed by atoms with van der Waals surface area (Å²) in [4.78, 5) is 10.8. The lowest BCUT2D eigenvalue weighted by Crippen LogP contribution is -2.69. The van der Waals surface area contributed by atoms with Gasteiger partial charge in [-0.2, -0.15) is 0 Å². The Bertz CT molecular complexity index is 2040. The Kier molecular flexibility index (Phi) is 35.0. The summed E-state index contributed by atoms with van der Waals surface area (Å²) in [5.41, 5.74) is 0. The Morgan fingerprint density at radius 2 is 0.276 bits per heavy atom. The van der Waals surface area contributed by atoms with E-state index >= 15 is 0 Å². The fraction of sp³-hybridized carbons (Fsp3) is 1.00. The Hall–Kier alpha value is -1.68. The molecule has 0 aromatic carbocycles. The zero-order valence-corrected chi connectivity index (χ0v) is 60.3. The smallest absolute Gasteiger partial charge is 0.187 e. The van der Waals surface area contributed by atoms with Crippen molar-refractivity contribution < 1.29 is 174 Å². The van der Waals surface area contributed by atoms with Crippen LogP contribution in [0.2, 0.25) is 0 Å². The zero-order valence-electron chi connectivity index (χ0n) is 60.3. The molecule has 0 aromatic heterocycles. The maximum Gasteiger partial charge on any atom is 0.187 e. The molecule has 0 aliphatic carbocycles. The lowest BCUT2D eigenvalue weighted by molar-refractivity contribution is -0.394. The number of rotatable bonds is 28. The van der Waals surface area contributed by atoms with Crippen LogP contribution in [-0.2, 0) is 66.3 Å². The lowest BCUT2D eigenvalue weighted by atomic mass is 9.94. The second kappa shape index (κ2) is 41.4. The van der Waals surface area contributed by atoms with Crippen molar-refractivity contribution in [2.24, 2.45) is 0 Å². The quantitative estimate of drug-likeness (QED) is 0.0346. The molecule has 21 fully saturated rings. The largest absolute Gasteiger partial charge is 0.395 e. The minimum Gasteiger partial charge on any atom is -0.395 e. The van der Waals surface area contributed by atoms with Gasteiger partial charge in [0.05, 0.1) is 46.2 Å². The molecule has 0 spiro atoms. The third kappa shape index (κ3) is 22.2. The number of hydrogen-bond acceptors (Lipinski definition) is 42. The van der Waals surface area contributed by atoms with Crippen molar-refractivity contribution in [2.75, 3.05) is 187 Å². The topological polar surface area (TPSA) is 577 Å². The molecule has 21 aliphatic heterocycles. The van der Waals surface area contributed by atoms with E-state index in [-0.39, 0.29) is 91.6 Å². The second-order valence-electron chi connectivity index (χ2n) is 28.8. The van der Waals surface area contributed by atoms with Gasteiger partial charge in [0.25, 0.3) is 0 Å². The van der Waals surface area contributed by atoms with E-state index < -0.39 is 261 Å². The summed E-state index contributed by atoms with van der Waals surface area (Å²) >= 11 is 0. The number of ether oxygens (including phenoxy) is 14. The first-order valence-electron chi connectivity index (χ1n) is 35.7. The van der Waals surface area contributed by atoms with Crippen molar-refractivity contribution in [1.29, 1.82) is 0 Å². The van der Waals surface area contributed by atoms with E-state index in [1.54, 1.807) is 49.3 Å². The van der Waals surface area contributed by atoms with Gasteiger partial charge in [0.1, 0.15) is 171 Å². The van der Waals surface area contributed by atoms with E-state index in [0.29, 0.717) is 0 Å². The lowest BCUT2D eigenvalue weighted by Gasteiger charge is -2.51. The molecule has 21 aliphatic rings. The van der Waals surface area contributed by atoms with Crippen LogP contribution in [0, 0.1) is 0 Å². The number of nitrogens with zero attached hydrogens (tertiary/aromatic N) is 7. The average Bonchev–Trinajstić information content (AvgIpc) is 0.791. The molecule has 616 valence electrons. The molecule has 21 saturated heterocycles. The first-order chi connectivity index (χ1) is 49.9. The Balaban J connectivity index is 1.22. The van der Waals surface area contributed by atoms with Crippen LogP contribution < -0.4 is 0 Å². The van der Waals surface area contributed by atoms with Gasteiger partial charge in [0.15, 0.2) is 44.0 Å². The highest BCUT2D eigenvalue weighted by atomic mass is 16.8. The van der Waals surface area contributed by atoms with E-state index in [0.717, 1.165) is 0 Å². The van der Waals surface area contributed by atoms with Crippen molar-refractivity contribution in [3.8, 4) is 0 Å². The fourth-order valence-corrected chi connectivity index (χ4v) is 14.4. The summed E-state index contributed by atoms with van der Waals surface area (Å²) in [6.07, 6.45) is -65.6. The van der Waals surface area contributed by atoms with E-state index in [1.165, 1.54) is 34.3 Å². The van der Waals surface area contributed by atoms with Gasteiger partial charge in [-0.3, -0.25) is 0 Å². The van der Waals surface area contributed by atoms with Crippen molar-refractivity contribution >= 4 is 0 Å². The summed E-state index contributed by atoms with van der Waals surface area (Å²) in [5, 5.41) is 241. The fourth-order valence-electron chi connectivity index (χ4n) is 14.4. The molecule has 0 amide bonds. The van der Waals surface area contributed by atoms with E-state index in [2.05, 4.69) is 0 Å². The van der Waals surface area contributed by atoms with Crippen LogP contribution in [0.3, 0.4) is 0 Å². The summed E-state index contributed by atoms with van der Waals surface area (Å²) in [5.74, 6) is 0. The van der Waals surface area contributed by atoms with Crippen molar-refractivity contribution in [3.63, 3.8) is 0 Å². The van der Waals surface area contributed by atoms with Gasteiger partial charge in [0.2, 0.25) is 0 Å². The van der Waals surface area contributed by atoms with Crippen LogP contribution in [0.5, 0.6) is 0 Å². The molecule has 0 saturated carbocycles. The number of likely N-dealkylation sites (N-methyl/N-ethyl adjacent to an activating group) is 7. The van der Waals surface area contributed by atoms with E-state index in [1.807, 2.05) is 0 Å². The molecule has 42 heteroatoms. The van der Waals surface area contributed by atoms with Crippen LogP contribution in [0.15, 0.2) is 0 Å². The normalized spacial score (nSPS) is 44.2. The van der Waals surface area contributed by atoms with Gasteiger partial charge in [-0.15, -0.1) is 0 Å². The van der Waals surface area contributed by atoms with Gasteiger partial charge < -0.3 is 208 Å². The first kappa shape index (κ1) is 88.9. The molecule has 0 aromatic rings. The third-order valence-corrected chi connectivity index (χ3v) is 20.3. The van der Waals surface area contributed by atoms with Crippen LogP contribution >= 0.6 is 0 Å². The van der Waals surface area contributed by atoms with Gasteiger partial charge in [0, 0.05) is 91.6 Å². The van der Waals surface area contributed by atoms with Gasteiger partial charge >= 0.3 is 0 Å². The summed E-state index contributed by atoms with van der Waals surface area (Å²) in [6, 6.07) is 0. The molecule has 21 N–H and O–H groups in total. The highest BCUT2D eigenvalue weighted by Gasteiger charge is 2.60. The monoisotopic (exact) mass is 1530 g/mol. The van der Waals surface area contributed by atoms with E-state index in [9.17, 15) is 107 Å². The summed E-state index contributed by atoms with van der Waals surface area (Å²) < 4.78 is 89.1. The second-order valence-corrected chi connectivity index (χ2v) is 28.8. The van der Waals surface area contributed by atoms with Crippen molar-refractivity contribution in [2.45, 2.75) is 215 Å². The Labute approximate surface area is 608 Å². The van der Waals surface area contributed by atoms with Crippen LogP contribution in [-0.4, -0.2) is 544 Å². The Morgan fingerprint density at radius 1 is 0.171 bits per heavy atom. The number of hydrogen-bond donors (Lipinski definition) is 21. The minimum absolute atomic E-state index is 0.00912. The van der Waals surface area contributed by atoms with E-state index in [4.69, 9.17) is 66.3 Å². The maximum atomic E-state index is 12.3.